The summed E-state index contributed by atoms with van der Waals surface area (Å²) in [7, 11) is 3.01. The van der Waals surface area contributed by atoms with Gasteiger partial charge in [-0.05, 0) is 30.5 Å². The standard InChI is InChI=1S/C17H24N2O4/c1-22-15-7-4-14(5-8-15)6-9-16(20)18-10-3-11-19(13-12-18)17(21)23-2/h4-5,7-8H,3,6,9-13H2,1-2H3. The molecule has 2 amide bonds. The summed E-state index contributed by atoms with van der Waals surface area (Å²) in [6.45, 7) is 2.42. The first kappa shape index (κ1) is 17.1. The number of hydrogen-bond donors (Lipinski definition) is 0. The first-order chi connectivity index (χ1) is 11.1. The van der Waals surface area contributed by atoms with Crippen molar-refractivity contribution in [2.45, 2.75) is 19.3 Å². The van der Waals surface area contributed by atoms with Crippen molar-refractivity contribution in [2.75, 3.05) is 40.4 Å². The number of carbonyl (C=O) groups excluding carboxylic acids is 2. The van der Waals surface area contributed by atoms with Crippen LogP contribution in [0.1, 0.15) is 18.4 Å². The molecule has 0 spiro atoms. The molecule has 126 valence electrons. The lowest BCUT2D eigenvalue weighted by molar-refractivity contribution is -0.131. The van der Waals surface area contributed by atoms with Crippen LogP contribution in [0.25, 0.3) is 0 Å². The third-order valence-corrected chi connectivity index (χ3v) is 4.07. The number of rotatable bonds is 4. The lowest BCUT2D eigenvalue weighted by Crippen LogP contribution is -2.37. The van der Waals surface area contributed by atoms with Crippen molar-refractivity contribution in [1.82, 2.24) is 9.80 Å². The summed E-state index contributed by atoms with van der Waals surface area (Å²) >= 11 is 0. The second-order valence-corrected chi connectivity index (χ2v) is 5.54. The molecular formula is C17H24N2O4. The molecule has 0 bridgehead atoms. The number of methoxy groups -OCH3 is 2. The van der Waals surface area contributed by atoms with Gasteiger partial charge in [0.1, 0.15) is 5.75 Å². The molecule has 0 aromatic heterocycles. The Morgan fingerprint density at radius 3 is 2.30 bits per heavy atom. The average molecular weight is 320 g/mol. The molecule has 6 heteroatoms. The predicted octanol–water partition coefficient (Wildman–Crippen LogP) is 1.93. The third-order valence-electron chi connectivity index (χ3n) is 4.07. The lowest BCUT2D eigenvalue weighted by Gasteiger charge is -2.21. The number of amides is 2. The van der Waals surface area contributed by atoms with Gasteiger partial charge >= 0.3 is 6.09 Å². The number of hydrogen-bond acceptors (Lipinski definition) is 4. The van der Waals surface area contributed by atoms with Crippen LogP contribution in [0.15, 0.2) is 24.3 Å². The highest BCUT2D eigenvalue weighted by molar-refractivity contribution is 5.76. The molecule has 1 aliphatic rings. The molecular weight excluding hydrogens is 296 g/mol. The Hall–Kier alpha value is -2.24. The zero-order valence-electron chi connectivity index (χ0n) is 13.8. The highest BCUT2D eigenvalue weighted by Gasteiger charge is 2.22. The SMILES string of the molecule is COC(=O)N1CCCN(C(=O)CCc2ccc(OC)cc2)CC1. The van der Waals surface area contributed by atoms with Gasteiger partial charge in [0.2, 0.25) is 5.91 Å². The number of aryl methyl sites for hydroxylation is 1. The Balaban J connectivity index is 1.82. The Morgan fingerprint density at radius 2 is 1.65 bits per heavy atom. The first-order valence-electron chi connectivity index (χ1n) is 7.87. The van der Waals surface area contributed by atoms with Crippen molar-refractivity contribution < 1.29 is 19.1 Å². The van der Waals surface area contributed by atoms with Gasteiger partial charge in [-0.1, -0.05) is 12.1 Å². The molecule has 2 rings (SSSR count). The molecule has 0 aliphatic carbocycles. The van der Waals surface area contributed by atoms with E-state index in [4.69, 9.17) is 9.47 Å². The molecule has 0 N–H and O–H groups in total. The van der Waals surface area contributed by atoms with Crippen LogP contribution in [0.3, 0.4) is 0 Å². The van der Waals surface area contributed by atoms with Gasteiger partial charge < -0.3 is 19.3 Å². The Bertz CT molecular complexity index is 530. The summed E-state index contributed by atoms with van der Waals surface area (Å²) in [6, 6.07) is 7.76. The van der Waals surface area contributed by atoms with Gasteiger partial charge in [0.25, 0.3) is 0 Å². The van der Waals surface area contributed by atoms with Crippen molar-refractivity contribution >= 4 is 12.0 Å². The highest BCUT2D eigenvalue weighted by Crippen LogP contribution is 2.14. The van der Waals surface area contributed by atoms with Crippen LogP contribution in [-0.4, -0.2) is 62.2 Å². The van der Waals surface area contributed by atoms with E-state index in [1.54, 1.807) is 12.0 Å². The maximum Gasteiger partial charge on any atom is 0.409 e. The highest BCUT2D eigenvalue weighted by atomic mass is 16.5. The quantitative estimate of drug-likeness (QED) is 0.850. The van der Waals surface area contributed by atoms with E-state index >= 15 is 0 Å². The van der Waals surface area contributed by atoms with Gasteiger partial charge in [-0.15, -0.1) is 0 Å². The minimum Gasteiger partial charge on any atom is -0.497 e. The van der Waals surface area contributed by atoms with E-state index in [-0.39, 0.29) is 12.0 Å². The van der Waals surface area contributed by atoms with Crippen molar-refractivity contribution in [3.8, 4) is 5.75 Å². The zero-order valence-corrected chi connectivity index (χ0v) is 13.8. The van der Waals surface area contributed by atoms with E-state index < -0.39 is 0 Å². The van der Waals surface area contributed by atoms with E-state index in [0.29, 0.717) is 39.0 Å². The van der Waals surface area contributed by atoms with Crippen LogP contribution in [0, 0.1) is 0 Å². The predicted molar refractivity (Wildman–Crippen MR) is 86.5 cm³/mol. The van der Waals surface area contributed by atoms with Gasteiger partial charge in [0.15, 0.2) is 0 Å². The minimum atomic E-state index is -0.322. The fourth-order valence-electron chi connectivity index (χ4n) is 2.68. The molecule has 0 saturated carbocycles. The Labute approximate surface area is 137 Å². The summed E-state index contributed by atoms with van der Waals surface area (Å²) in [4.78, 5) is 27.4. The number of ether oxygens (including phenoxy) is 2. The van der Waals surface area contributed by atoms with Gasteiger partial charge in [0.05, 0.1) is 14.2 Å². The molecule has 1 saturated heterocycles. The second kappa shape index (κ2) is 8.41. The average Bonchev–Trinajstić information content (AvgIpc) is 2.85. The van der Waals surface area contributed by atoms with Crippen LogP contribution >= 0.6 is 0 Å². The lowest BCUT2D eigenvalue weighted by atomic mass is 10.1. The monoisotopic (exact) mass is 320 g/mol. The fourth-order valence-corrected chi connectivity index (χ4v) is 2.68. The number of carbonyl (C=O) groups is 2. The first-order valence-corrected chi connectivity index (χ1v) is 7.87. The van der Waals surface area contributed by atoms with Crippen LogP contribution in [-0.2, 0) is 16.0 Å². The molecule has 0 unspecified atom stereocenters. The van der Waals surface area contributed by atoms with Crippen LogP contribution < -0.4 is 4.74 Å². The van der Waals surface area contributed by atoms with Crippen LogP contribution in [0.5, 0.6) is 5.75 Å². The largest absolute Gasteiger partial charge is 0.497 e. The molecule has 1 aromatic carbocycles. The molecule has 1 aliphatic heterocycles. The Morgan fingerprint density at radius 1 is 1.00 bits per heavy atom. The van der Waals surface area contributed by atoms with E-state index in [1.165, 1.54) is 7.11 Å². The summed E-state index contributed by atoms with van der Waals surface area (Å²) in [5.41, 5.74) is 1.12. The van der Waals surface area contributed by atoms with Gasteiger partial charge in [-0.2, -0.15) is 0 Å². The molecule has 23 heavy (non-hydrogen) atoms. The smallest absolute Gasteiger partial charge is 0.409 e. The van der Waals surface area contributed by atoms with Crippen molar-refractivity contribution in [3.63, 3.8) is 0 Å². The summed E-state index contributed by atoms with van der Waals surface area (Å²) in [5.74, 6) is 0.947. The maximum absolute atomic E-state index is 12.4. The summed E-state index contributed by atoms with van der Waals surface area (Å²) in [6.07, 6.45) is 1.64. The van der Waals surface area contributed by atoms with Crippen LogP contribution in [0.4, 0.5) is 4.79 Å². The minimum absolute atomic E-state index is 0.132. The molecule has 0 radical (unpaired) electrons. The van der Waals surface area contributed by atoms with Crippen molar-refractivity contribution in [3.05, 3.63) is 29.8 Å². The topological polar surface area (TPSA) is 59.1 Å². The van der Waals surface area contributed by atoms with E-state index in [9.17, 15) is 9.59 Å². The van der Waals surface area contributed by atoms with Gasteiger partial charge in [-0.25, -0.2) is 4.79 Å². The molecule has 1 fully saturated rings. The number of benzene rings is 1. The van der Waals surface area contributed by atoms with Crippen molar-refractivity contribution in [2.24, 2.45) is 0 Å². The third kappa shape index (κ3) is 4.87. The number of nitrogens with zero attached hydrogens (tertiary/aromatic N) is 2. The Kier molecular flexibility index (Phi) is 6.26. The zero-order chi connectivity index (χ0) is 16.7. The van der Waals surface area contributed by atoms with E-state index in [1.807, 2.05) is 29.2 Å². The molecule has 6 nitrogen and oxygen atoms in total. The van der Waals surface area contributed by atoms with Gasteiger partial charge in [-0.3, -0.25) is 4.79 Å². The molecule has 1 aromatic rings. The fraction of sp³-hybridized carbons (Fsp3) is 0.529. The maximum atomic E-state index is 12.4. The van der Waals surface area contributed by atoms with E-state index in [0.717, 1.165) is 17.7 Å². The molecule has 1 heterocycles. The van der Waals surface area contributed by atoms with Crippen LogP contribution in [0.2, 0.25) is 0 Å². The normalized spacial score (nSPS) is 15.0. The second-order valence-electron chi connectivity index (χ2n) is 5.54. The van der Waals surface area contributed by atoms with Gasteiger partial charge in [0, 0.05) is 32.6 Å². The van der Waals surface area contributed by atoms with E-state index in [2.05, 4.69) is 0 Å². The van der Waals surface area contributed by atoms with Crippen molar-refractivity contribution in [1.29, 1.82) is 0 Å². The molecule has 0 atom stereocenters. The summed E-state index contributed by atoms with van der Waals surface area (Å²) < 4.78 is 9.86. The summed E-state index contributed by atoms with van der Waals surface area (Å²) in [5, 5.41) is 0.